The van der Waals surface area contributed by atoms with Crippen LogP contribution in [0.25, 0.3) is 43.7 Å². The van der Waals surface area contributed by atoms with E-state index in [0.29, 0.717) is 21.9 Å². The smallest absolute Gasteiger partial charge is 0.349 e. The van der Waals surface area contributed by atoms with Gasteiger partial charge in [0.1, 0.15) is 11.0 Å². The Hall–Kier alpha value is -3.34. The van der Waals surface area contributed by atoms with Crippen LogP contribution < -0.4 is 11.3 Å². The summed E-state index contributed by atoms with van der Waals surface area (Å²) in [6.07, 6.45) is 4.40. The highest BCUT2D eigenvalue weighted by atomic mass is 16.4. The predicted octanol–water partition coefficient (Wildman–Crippen LogP) is 5.59. The van der Waals surface area contributed by atoms with E-state index in [2.05, 4.69) is 11.5 Å². The Bertz CT molecular complexity index is 1490. The summed E-state index contributed by atoms with van der Waals surface area (Å²) >= 11 is 0. The minimum Gasteiger partial charge on any atom is -0.422 e. The number of aromatic nitrogens is 1. The van der Waals surface area contributed by atoms with Gasteiger partial charge in [-0.2, -0.15) is 0 Å². The molecule has 146 valence electrons. The van der Waals surface area contributed by atoms with Gasteiger partial charge in [-0.15, -0.1) is 0 Å². The third-order valence-corrected chi connectivity index (χ3v) is 5.60. The molecule has 5 aromatic rings. The predicted molar refractivity (Wildman–Crippen MR) is 116 cm³/mol. The number of rotatable bonds is 5. The van der Waals surface area contributed by atoms with Crippen molar-refractivity contribution in [1.82, 2.24) is 4.57 Å². The minimum atomic E-state index is -0.477. The highest BCUT2D eigenvalue weighted by molar-refractivity contribution is 6.19. The van der Waals surface area contributed by atoms with Crippen LogP contribution in [0.5, 0.6) is 0 Å². The summed E-state index contributed by atoms with van der Waals surface area (Å²) in [5.41, 5.74) is 1.51. The van der Waals surface area contributed by atoms with Gasteiger partial charge >= 0.3 is 11.3 Å². The molecule has 29 heavy (non-hydrogen) atoms. The average Bonchev–Trinajstić information content (AvgIpc) is 3.07. The van der Waals surface area contributed by atoms with E-state index >= 15 is 0 Å². The Morgan fingerprint density at radius 2 is 1.48 bits per heavy atom. The van der Waals surface area contributed by atoms with Crippen molar-refractivity contribution in [3.63, 3.8) is 0 Å². The molecule has 0 unspecified atom stereocenters. The fraction of sp³-hybridized carbons (Fsp3) is 0.250. The Morgan fingerprint density at radius 1 is 0.759 bits per heavy atom. The van der Waals surface area contributed by atoms with Gasteiger partial charge in [-0.05, 0) is 24.6 Å². The molecule has 0 spiro atoms. The molecule has 0 saturated carbocycles. The normalized spacial score (nSPS) is 11.9. The molecule has 0 bridgehead atoms. The van der Waals surface area contributed by atoms with Crippen LogP contribution in [0.2, 0.25) is 0 Å². The third-order valence-electron chi connectivity index (χ3n) is 5.60. The molecule has 0 saturated heterocycles. The fourth-order valence-corrected chi connectivity index (χ4v) is 4.27. The second-order valence-corrected chi connectivity index (χ2v) is 7.43. The molecule has 0 atom stereocenters. The molecule has 0 aliphatic carbocycles. The molecule has 5 rings (SSSR count). The van der Waals surface area contributed by atoms with Crippen molar-refractivity contribution in [1.29, 1.82) is 0 Å². The first-order chi connectivity index (χ1) is 14.2. The number of hydrogen-bond donors (Lipinski definition) is 0. The van der Waals surface area contributed by atoms with E-state index in [1.54, 1.807) is 12.1 Å². The van der Waals surface area contributed by atoms with Crippen LogP contribution >= 0.6 is 0 Å². The lowest BCUT2D eigenvalue weighted by Gasteiger charge is -2.09. The number of hydrogen-bond acceptors (Lipinski definition) is 4. The Balaban J connectivity index is 1.98. The second kappa shape index (κ2) is 6.92. The van der Waals surface area contributed by atoms with Crippen LogP contribution in [0, 0.1) is 0 Å². The van der Waals surface area contributed by atoms with Gasteiger partial charge in [0.25, 0.3) is 0 Å². The molecule has 0 fully saturated rings. The maximum Gasteiger partial charge on any atom is 0.349 e. The molecule has 0 radical (unpaired) electrons. The van der Waals surface area contributed by atoms with Gasteiger partial charge in [-0.3, -0.25) is 0 Å². The van der Waals surface area contributed by atoms with Crippen molar-refractivity contribution in [2.24, 2.45) is 0 Å². The summed E-state index contributed by atoms with van der Waals surface area (Å²) in [6, 6.07) is 14.9. The molecule has 2 aromatic carbocycles. The van der Waals surface area contributed by atoms with E-state index in [9.17, 15) is 9.59 Å². The minimum absolute atomic E-state index is 0.318. The number of fused-ring (bicyclic) bond motifs is 7. The number of para-hydroxylation sites is 1. The van der Waals surface area contributed by atoms with Crippen LogP contribution in [-0.4, -0.2) is 4.57 Å². The number of benzene rings is 2. The zero-order valence-electron chi connectivity index (χ0n) is 16.2. The Labute approximate surface area is 166 Å². The Morgan fingerprint density at radius 3 is 2.28 bits per heavy atom. The van der Waals surface area contributed by atoms with Gasteiger partial charge in [-0.1, -0.05) is 56.5 Å². The molecule has 3 heterocycles. The standard InChI is InChI=1S/C24H21NO4/c1-2-3-4-9-14-25-20-17-12-7-8-13-18(17)28-24(27)19(20)22-21(25)15-10-5-6-11-16(15)23(26)29-22/h5-8,10-13H,2-4,9,14H2,1H3. The molecule has 0 amide bonds. The van der Waals surface area contributed by atoms with Crippen molar-refractivity contribution < 1.29 is 8.83 Å². The van der Waals surface area contributed by atoms with Crippen molar-refractivity contribution in [3.05, 3.63) is 69.4 Å². The summed E-state index contributed by atoms with van der Waals surface area (Å²) in [4.78, 5) is 25.5. The van der Waals surface area contributed by atoms with Gasteiger partial charge in [-0.25, -0.2) is 9.59 Å². The zero-order valence-corrected chi connectivity index (χ0v) is 16.2. The zero-order chi connectivity index (χ0) is 20.0. The fourth-order valence-electron chi connectivity index (χ4n) is 4.27. The second-order valence-electron chi connectivity index (χ2n) is 7.43. The van der Waals surface area contributed by atoms with Crippen molar-refractivity contribution >= 4 is 43.7 Å². The molecular formula is C24H21NO4. The lowest BCUT2D eigenvalue weighted by molar-refractivity contribution is 0.558. The molecule has 5 nitrogen and oxygen atoms in total. The lowest BCUT2D eigenvalue weighted by Crippen LogP contribution is -2.03. The van der Waals surface area contributed by atoms with Gasteiger partial charge in [0.15, 0.2) is 5.58 Å². The van der Waals surface area contributed by atoms with Crippen LogP contribution in [0.3, 0.4) is 0 Å². The molecule has 0 aliphatic heterocycles. The first-order valence-electron chi connectivity index (χ1n) is 10.1. The SMILES string of the molecule is CCCCCCn1c2c3ccccc3c(=O)oc2c2c(=O)oc3ccccc3c21. The maximum absolute atomic E-state index is 12.9. The first-order valence-corrected chi connectivity index (χ1v) is 10.1. The number of nitrogens with zero attached hydrogens (tertiary/aromatic N) is 1. The molecular weight excluding hydrogens is 366 g/mol. The van der Waals surface area contributed by atoms with Crippen molar-refractivity contribution in [3.8, 4) is 0 Å². The maximum atomic E-state index is 12.9. The number of aryl methyl sites for hydroxylation is 1. The number of unbranched alkanes of at least 4 members (excludes halogenated alkanes) is 3. The topological polar surface area (TPSA) is 65.3 Å². The van der Waals surface area contributed by atoms with Gasteiger partial charge in [0.2, 0.25) is 0 Å². The first kappa shape index (κ1) is 17.7. The summed E-state index contributed by atoms with van der Waals surface area (Å²) in [6.45, 7) is 2.92. The summed E-state index contributed by atoms with van der Waals surface area (Å²) < 4.78 is 13.4. The average molecular weight is 387 g/mol. The van der Waals surface area contributed by atoms with E-state index in [1.165, 1.54) is 0 Å². The largest absolute Gasteiger partial charge is 0.422 e. The summed E-state index contributed by atoms with van der Waals surface area (Å²) in [5, 5.41) is 2.51. The molecule has 0 N–H and O–H groups in total. The highest BCUT2D eigenvalue weighted by Gasteiger charge is 2.22. The van der Waals surface area contributed by atoms with Crippen LogP contribution in [-0.2, 0) is 6.54 Å². The molecule has 3 aromatic heterocycles. The van der Waals surface area contributed by atoms with E-state index in [-0.39, 0.29) is 0 Å². The molecule has 0 aliphatic rings. The van der Waals surface area contributed by atoms with Crippen molar-refractivity contribution in [2.75, 3.05) is 0 Å². The van der Waals surface area contributed by atoms with Gasteiger partial charge in [0.05, 0.1) is 16.4 Å². The van der Waals surface area contributed by atoms with Crippen LogP contribution in [0.4, 0.5) is 0 Å². The highest BCUT2D eigenvalue weighted by Crippen LogP contribution is 2.35. The summed E-state index contributed by atoms with van der Waals surface area (Å²) in [7, 11) is 0. The van der Waals surface area contributed by atoms with E-state index in [1.807, 2.05) is 36.4 Å². The van der Waals surface area contributed by atoms with E-state index in [4.69, 9.17) is 8.83 Å². The summed E-state index contributed by atoms with van der Waals surface area (Å²) in [5.74, 6) is 0. The van der Waals surface area contributed by atoms with Crippen LogP contribution in [0.1, 0.15) is 32.6 Å². The van der Waals surface area contributed by atoms with Gasteiger partial charge < -0.3 is 13.4 Å². The molecule has 5 heteroatoms. The monoisotopic (exact) mass is 387 g/mol. The van der Waals surface area contributed by atoms with Crippen LogP contribution in [0.15, 0.2) is 67.0 Å². The Kier molecular flexibility index (Phi) is 4.23. The van der Waals surface area contributed by atoms with Crippen molar-refractivity contribution in [2.45, 2.75) is 39.2 Å². The van der Waals surface area contributed by atoms with Gasteiger partial charge in [0, 0.05) is 17.3 Å². The van der Waals surface area contributed by atoms with E-state index in [0.717, 1.165) is 54.0 Å². The lowest BCUT2D eigenvalue weighted by atomic mass is 10.1. The quantitative estimate of drug-likeness (QED) is 0.291. The van der Waals surface area contributed by atoms with E-state index < -0.39 is 11.3 Å². The third kappa shape index (κ3) is 2.69.